The van der Waals surface area contributed by atoms with Gasteiger partial charge in [0.15, 0.2) is 0 Å². The van der Waals surface area contributed by atoms with Crippen molar-refractivity contribution in [3.8, 4) is 0 Å². The van der Waals surface area contributed by atoms with Gasteiger partial charge in [-0.05, 0) is 18.4 Å². The first-order valence-electron chi connectivity index (χ1n) is 5.91. The monoisotopic (exact) mass is 241 g/mol. The van der Waals surface area contributed by atoms with Crippen molar-refractivity contribution in [2.24, 2.45) is 0 Å². The maximum atomic E-state index is 13.1. The Bertz CT molecular complexity index is 356. The Morgan fingerprint density at radius 1 is 1.29 bits per heavy atom. The third-order valence-corrected chi connectivity index (χ3v) is 3.26. The standard InChI is InChI=1S/C13H17F2NO/c14-13(15)7-6-11(8-12(13)17)16-9-10-4-2-1-3-5-10/h1-5,11-12,16-17H,6-9H2/t11-,12-/m1/s1. The highest BCUT2D eigenvalue weighted by atomic mass is 19.3. The molecule has 0 heterocycles. The predicted octanol–water partition coefficient (Wildman–Crippen LogP) is 2.32. The van der Waals surface area contributed by atoms with Gasteiger partial charge in [0.05, 0.1) is 0 Å². The fourth-order valence-corrected chi connectivity index (χ4v) is 2.14. The van der Waals surface area contributed by atoms with E-state index in [1.165, 1.54) is 0 Å². The molecule has 2 N–H and O–H groups in total. The number of nitrogens with one attached hydrogen (secondary N) is 1. The van der Waals surface area contributed by atoms with Crippen LogP contribution in [-0.4, -0.2) is 23.2 Å². The second-order valence-electron chi connectivity index (χ2n) is 4.61. The van der Waals surface area contributed by atoms with Crippen LogP contribution in [0.5, 0.6) is 0 Å². The zero-order valence-electron chi connectivity index (χ0n) is 9.57. The van der Waals surface area contributed by atoms with Gasteiger partial charge in [-0.3, -0.25) is 0 Å². The van der Waals surface area contributed by atoms with E-state index in [2.05, 4.69) is 5.32 Å². The van der Waals surface area contributed by atoms with E-state index >= 15 is 0 Å². The summed E-state index contributed by atoms with van der Waals surface area (Å²) in [4.78, 5) is 0. The van der Waals surface area contributed by atoms with Crippen LogP contribution < -0.4 is 5.32 Å². The molecule has 0 aliphatic heterocycles. The zero-order valence-corrected chi connectivity index (χ0v) is 9.57. The summed E-state index contributed by atoms with van der Waals surface area (Å²) in [5.74, 6) is -2.91. The summed E-state index contributed by atoms with van der Waals surface area (Å²) >= 11 is 0. The Hall–Kier alpha value is -1.00. The molecule has 2 rings (SSSR count). The highest BCUT2D eigenvalue weighted by molar-refractivity contribution is 5.14. The molecule has 0 aromatic heterocycles. The minimum Gasteiger partial charge on any atom is -0.387 e. The van der Waals surface area contributed by atoms with Gasteiger partial charge < -0.3 is 10.4 Å². The SMILES string of the molecule is O[C@@H]1C[C@H](NCc2ccccc2)CCC1(F)F. The fourth-order valence-electron chi connectivity index (χ4n) is 2.14. The first-order chi connectivity index (χ1) is 8.08. The summed E-state index contributed by atoms with van der Waals surface area (Å²) in [6.45, 7) is 0.657. The molecule has 0 unspecified atom stereocenters. The lowest BCUT2D eigenvalue weighted by Gasteiger charge is -2.33. The first-order valence-corrected chi connectivity index (χ1v) is 5.91. The van der Waals surface area contributed by atoms with Crippen LogP contribution in [0.1, 0.15) is 24.8 Å². The molecule has 1 aliphatic carbocycles. The minimum absolute atomic E-state index is 0.0233. The number of benzene rings is 1. The Labute approximate surface area is 99.7 Å². The van der Waals surface area contributed by atoms with Crippen LogP contribution in [0.4, 0.5) is 8.78 Å². The molecule has 2 nitrogen and oxygen atoms in total. The maximum Gasteiger partial charge on any atom is 0.273 e. The molecule has 1 aliphatic rings. The van der Waals surface area contributed by atoms with E-state index in [4.69, 9.17) is 0 Å². The molecule has 1 fully saturated rings. The summed E-state index contributed by atoms with van der Waals surface area (Å²) in [6, 6.07) is 9.78. The average molecular weight is 241 g/mol. The molecule has 4 heteroatoms. The first kappa shape index (κ1) is 12.5. The van der Waals surface area contributed by atoms with Crippen molar-refractivity contribution in [2.75, 3.05) is 0 Å². The van der Waals surface area contributed by atoms with Crippen molar-refractivity contribution in [1.29, 1.82) is 0 Å². The molecule has 1 aromatic rings. The lowest BCUT2D eigenvalue weighted by molar-refractivity contribution is -0.136. The summed E-state index contributed by atoms with van der Waals surface area (Å²) in [6.07, 6.45) is -1.21. The van der Waals surface area contributed by atoms with Crippen molar-refractivity contribution in [2.45, 2.75) is 43.9 Å². The van der Waals surface area contributed by atoms with Crippen molar-refractivity contribution in [3.05, 3.63) is 35.9 Å². The van der Waals surface area contributed by atoms with E-state index in [9.17, 15) is 13.9 Å². The van der Waals surface area contributed by atoms with Crippen molar-refractivity contribution in [1.82, 2.24) is 5.32 Å². The van der Waals surface area contributed by atoms with Crippen LogP contribution in [0.25, 0.3) is 0 Å². The predicted molar refractivity (Wildman–Crippen MR) is 61.9 cm³/mol. The summed E-state index contributed by atoms with van der Waals surface area (Å²) in [5.41, 5.74) is 1.12. The highest BCUT2D eigenvalue weighted by Crippen LogP contribution is 2.33. The van der Waals surface area contributed by atoms with Gasteiger partial charge in [0.25, 0.3) is 5.92 Å². The molecule has 0 radical (unpaired) electrons. The summed E-state index contributed by atoms with van der Waals surface area (Å²) < 4.78 is 26.1. The van der Waals surface area contributed by atoms with Crippen LogP contribution in [0.3, 0.4) is 0 Å². The van der Waals surface area contributed by atoms with Gasteiger partial charge in [-0.25, -0.2) is 8.78 Å². The minimum atomic E-state index is -2.91. The Morgan fingerprint density at radius 3 is 2.65 bits per heavy atom. The molecule has 17 heavy (non-hydrogen) atoms. The summed E-state index contributed by atoms with van der Waals surface area (Å²) in [5, 5.41) is 12.5. The van der Waals surface area contributed by atoms with E-state index in [1.807, 2.05) is 30.3 Å². The normalized spacial score (nSPS) is 27.9. The van der Waals surface area contributed by atoms with E-state index in [-0.39, 0.29) is 18.9 Å². The van der Waals surface area contributed by atoms with Gasteiger partial charge in [-0.1, -0.05) is 30.3 Å². The van der Waals surface area contributed by atoms with Crippen LogP contribution in [0, 0.1) is 0 Å². The third-order valence-electron chi connectivity index (χ3n) is 3.26. The van der Waals surface area contributed by atoms with Crippen LogP contribution in [0.2, 0.25) is 0 Å². The van der Waals surface area contributed by atoms with Crippen molar-refractivity contribution in [3.63, 3.8) is 0 Å². The quantitative estimate of drug-likeness (QED) is 0.851. The smallest absolute Gasteiger partial charge is 0.273 e. The molecular weight excluding hydrogens is 224 g/mol. The average Bonchev–Trinajstić information content (AvgIpc) is 2.32. The molecule has 1 saturated carbocycles. The Morgan fingerprint density at radius 2 is 2.00 bits per heavy atom. The van der Waals surface area contributed by atoms with E-state index in [1.54, 1.807) is 0 Å². The molecule has 0 saturated heterocycles. The Kier molecular flexibility index (Phi) is 3.74. The molecule has 1 aromatic carbocycles. The molecule has 0 spiro atoms. The highest BCUT2D eigenvalue weighted by Gasteiger charge is 2.43. The van der Waals surface area contributed by atoms with Gasteiger partial charge in [0.1, 0.15) is 6.10 Å². The van der Waals surface area contributed by atoms with Gasteiger partial charge in [-0.15, -0.1) is 0 Å². The number of rotatable bonds is 3. The number of hydrogen-bond donors (Lipinski definition) is 2. The lowest BCUT2D eigenvalue weighted by Crippen LogP contribution is -2.46. The van der Waals surface area contributed by atoms with Crippen LogP contribution in [-0.2, 0) is 6.54 Å². The molecule has 0 bridgehead atoms. The van der Waals surface area contributed by atoms with Gasteiger partial charge in [0, 0.05) is 19.0 Å². The van der Waals surface area contributed by atoms with Crippen molar-refractivity contribution < 1.29 is 13.9 Å². The Balaban J connectivity index is 1.82. The molecule has 2 atom stereocenters. The van der Waals surface area contributed by atoms with E-state index in [0.29, 0.717) is 13.0 Å². The fraction of sp³-hybridized carbons (Fsp3) is 0.538. The number of aliphatic hydroxyl groups excluding tert-OH is 1. The largest absolute Gasteiger partial charge is 0.387 e. The molecule has 0 amide bonds. The van der Waals surface area contributed by atoms with Gasteiger partial charge in [-0.2, -0.15) is 0 Å². The van der Waals surface area contributed by atoms with Crippen molar-refractivity contribution >= 4 is 0 Å². The molecular formula is C13H17F2NO. The number of hydrogen-bond acceptors (Lipinski definition) is 2. The second kappa shape index (κ2) is 5.10. The van der Waals surface area contributed by atoms with Gasteiger partial charge in [0.2, 0.25) is 0 Å². The second-order valence-corrected chi connectivity index (χ2v) is 4.61. The number of aliphatic hydroxyl groups is 1. The molecule has 94 valence electrons. The topological polar surface area (TPSA) is 32.3 Å². The zero-order chi connectivity index (χ0) is 12.3. The maximum absolute atomic E-state index is 13.1. The summed E-state index contributed by atoms with van der Waals surface area (Å²) in [7, 11) is 0. The van der Waals surface area contributed by atoms with Crippen LogP contribution >= 0.6 is 0 Å². The lowest BCUT2D eigenvalue weighted by atomic mass is 9.89. The van der Waals surface area contributed by atoms with E-state index < -0.39 is 12.0 Å². The van der Waals surface area contributed by atoms with E-state index in [0.717, 1.165) is 5.56 Å². The van der Waals surface area contributed by atoms with Gasteiger partial charge >= 0.3 is 0 Å². The number of alkyl halides is 2. The number of halogens is 2. The third kappa shape index (κ3) is 3.23. The van der Waals surface area contributed by atoms with Crippen LogP contribution in [0.15, 0.2) is 30.3 Å².